The van der Waals surface area contributed by atoms with E-state index in [4.69, 9.17) is 5.11 Å². The second-order valence-corrected chi connectivity index (χ2v) is 4.35. The van der Waals surface area contributed by atoms with Crippen molar-refractivity contribution < 1.29 is 15.0 Å². The molecule has 2 unspecified atom stereocenters. The van der Waals surface area contributed by atoms with Gasteiger partial charge in [-0.05, 0) is 5.92 Å². The minimum atomic E-state index is -1.01. The fraction of sp³-hybridized carbons (Fsp3) is 0.556. The molecule has 14 heavy (non-hydrogen) atoms. The van der Waals surface area contributed by atoms with Crippen LogP contribution in [0.4, 0.5) is 0 Å². The molecule has 2 atom stereocenters. The molecule has 0 aliphatic heterocycles. The van der Waals surface area contributed by atoms with Crippen LogP contribution in [0.2, 0.25) is 0 Å². The largest absolute Gasteiger partial charge is 0.481 e. The van der Waals surface area contributed by atoms with Gasteiger partial charge >= 0.3 is 5.97 Å². The summed E-state index contributed by atoms with van der Waals surface area (Å²) in [6.07, 6.45) is 0.551. The Hall–Kier alpha value is -0.940. The number of aliphatic carboxylic acids is 1. The molecule has 5 heteroatoms. The molecule has 1 aromatic heterocycles. The second-order valence-electron chi connectivity index (χ2n) is 3.42. The Balaban J connectivity index is 2.84. The van der Waals surface area contributed by atoms with Gasteiger partial charge in [-0.2, -0.15) is 0 Å². The van der Waals surface area contributed by atoms with Crippen LogP contribution >= 0.6 is 11.3 Å². The molecule has 78 valence electrons. The van der Waals surface area contributed by atoms with Gasteiger partial charge in [-0.25, -0.2) is 4.98 Å². The van der Waals surface area contributed by atoms with Crippen LogP contribution in [0, 0.1) is 11.8 Å². The molecule has 0 aromatic carbocycles. The van der Waals surface area contributed by atoms with Crippen LogP contribution in [0.15, 0.2) is 11.6 Å². The molecule has 0 saturated heterocycles. The van der Waals surface area contributed by atoms with Gasteiger partial charge in [0, 0.05) is 11.6 Å². The van der Waals surface area contributed by atoms with Crippen molar-refractivity contribution in [1.82, 2.24) is 4.98 Å². The van der Waals surface area contributed by atoms with Crippen LogP contribution in [-0.2, 0) is 4.79 Å². The fourth-order valence-corrected chi connectivity index (χ4v) is 1.99. The summed E-state index contributed by atoms with van der Waals surface area (Å²) in [6.45, 7) is 3.55. The SMILES string of the molecule is CC(C)C(C(=O)O)C(O)c1nccs1. The van der Waals surface area contributed by atoms with Crippen LogP contribution in [0.1, 0.15) is 25.0 Å². The van der Waals surface area contributed by atoms with E-state index in [0.29, 0.717) is 5.01 Å². The lowest BCUT2D eigenvalue weighted by molar-refractivity contribution is -0.148. The Morgan fingerprint density at radius 2 is 2.21 bits per heavy atom. The lowest BCUT2D eigenvalue weighted by atomic mass is 9.91. The summed E-state index contributed by atoms with van der Waals surface area (Å²) >= 11 is 1.27. The predicted octanol–water partition coefficient (Wildman–Crippen LogP) is 1.53. The molecule has 0 aliphatic rings. The third-order valence-electron chi connectivity index (χ3n) is 2.05. The number of carboxylic acids is 1. The van der Waals surface area contributed by atoms with Crippen molar-refractivity contribution in [3.63, 3.8) is 0 Å². The van der Waals surface area contributed by atoms with E-state index >= 15 is 0 Å². The highest BCUT2D eigenvalue weighted by Gasteiger charge is 2.32. The molecular formula is C9H13NO3S. The summed E-state index contributed by atoms with van der Waals surface area (Å²) in [5.41, 5.74) is 0. The molecule has 0 spiro atoms. The smallest absolute Gasteiger partial charge is 0.309 e. The van der Waals surface area contributed by atoms with E-state index in [1.807, 2.05) is 0 Å². The maximum Gasteiger partial charge on any atom is 0.309 e. The van der Waals surface area contributed by atoms with Crippen molar-refractivity contribution in [3.05, 3.63) is 16.6 Å². The molecule has 0 saturated carbocycles. The van der Waals surface area contributed by atoms with Gasteiger partial charge in [0.25, 0.3) is 0 Å². The van der Waals surface area contributed by atoms with Gasteiger partial charge in [0.15, 0.2) is 0 Å². The third kappa shape index (κ3) is 2.30. The highest BCUT2D eigenvalue weighted by molar-refractivity contribution is 7.09. The number of carbonyl (C=O) groups is 1. The zero-order chi connectivity index (χ0) is 10.7. The highest BCUT2D eigenvalue weighted by Crippen LogP contribution is 2.29. The molecule has 4 nitrogen and oxygen atoms in total. The van der Waals surface area contributed by atoms with Crippen molar-refractivity contribution in [3.8, 4) is 0 Å². The Bertz CT molecular complexity index is 297. The van der Waals surface area contributed by atoms with Crippen LogP contribution in [0.5, 0.6) is 0 Å². The Morgan fingerprint density at radius 1 is 1.57 bits per heavy atom. The zero-order valence-corrected chi connectivity index (χ0v) is 8.86. The van der Waals surface area contributed by atoms with Gasteiger partial charge in [0.1, 0.15) is 11.1 Å². The third-order valence-corrected chi connectivity index (χ3v) is 2.89. The molecule has 0 bridgehead atoms. The van der Waals surface area contributed by atoms with Crippen molar-refractivity contribution in [2.24, 2.45) is 11.8 Å². The van der Waals surface area contributed by atoms with Crippen LogP contribution in [0.3, 0.4) is 0 Å². The van der Waals surface area contributed by atoms with Gasteiger partial charge < -0.3 is 10.2 Å². The van der Waals surface area contributed by atoms with Crippen molar-refractivity contribution in [2.45, 2.75) is 20.0 Å². The number of thiazole rings is 1. The predicted molar refractivity (Wildman–Crippen MR) is 53.0 cm³/mol. The average molecular weight is 215 g/mol. The van der Waals surface area contributed by atoms with E-state index in [9.17, 15) is 9.90 Å². The van der Waals surface area contributed by atoms with Gasteiger partial charge in [0.2, 0.25) is 0 Å². The number of aliphatic hydroxyl groups is 1. The highest BCUT2D eigenvalue weighted by atomic mass is 32.1. The van der Waals surface area contributed by atoms with Gasteiger partial charge in [0.05, 0.1) is 5.92 Å². The Morgan fingerprint density at radius 3 is 2.57 bits per heavy atom. The first-order valence-electron chi connectivity index (χ1n) is 4.34. The summed E-state index contributed by atoms with van der Waals surface area (Å²) < 4.78 is 0. The first kappa shape index (κ1) is 11.1. The van der Waals surface area contributed by atoms with E-state index < -0.39 is 18.0 Å². The quantitative estimate of drug-likeness (QED) is 0.799. The van der Waals surface area contributed by atoms with Crippen LogP contribution in [-0.4, -0.2) is 21.2 Å². The first-order chi connectivity index (χ1) is 6.54. The molecule has 1 heterocycles. The molecule has 1 rings (SSSR count). The van der Waals surface area contributed by atoms with Crippen LogP contribution < -0.4 is 0 Å². The molecule has 0 amide bonds. The van der Waals surface area contributed by atoms with E-state index in [1.54, 1.807) is 25.4 Å². The number of carboxylic acid groups (broad SMARTS) is 1. The fourth-order valence-electron chi connectivity index (χ4n) is 1.32. The van der Waals surface area contributed by atoms with E-state index in [0.717, 1.165) is 0 Å². The van der Waals surface area contributed by atoms with Crippen molar-refractivity contribution in [2.75, 3.05) is 0 Å². The molecule has 2 N–H and O–H groups in total. The number of aliphatic hydroxyl groups excluding tert-OH is 1. The minimum Gasteiger partial charge on any atom is -0.481 e. The topological polar surface area (TPSA) is 70.4 Å². The minimum absolute atomic E-state index is 0.119. The number of aromatic nitrogens is 1. The summed E-state index contributed by atoms with van der Waals surface area (Å²) in [7, 11) is 0. The van der Waals surface area contributed by atoms with Crippen molar-refractivity contribution >= 4 is 17.3 Å². The lowest BCUT2D eigenvalue weighted by Gasteiger charge is -2.20. The lowest BCUT2D eigenvalue weighted by Crippen LogP contribution is -2.26. The Kier molecular flexibility index (Phi) is 3.60. The summed E-state index contributed by atoms with van der Waals surface area (Å²) in [6, 6.07) is 0. The molecular weight excluding hydrogens is 202 g/mol. The van der Waals surface area contributed by atoms with E-state index in [1.165, 1.54) is 11.3 Å². The molecule has 0 aliphatic carbocycles. The number of hydrogen-bond acceptors (Lipinski definition) is 4. The number of hydrogen-bond donors (Lipinski definition) is 2. The summed E-state index contributed by atoms with van der Waals surface area (Å²) in [5.74, 6) is -1.89. The maximum atomic E-state index is 10.9. The zero-order valence-electron chi connectivity index (χ0n) is 8.04. The van der Waals surface area contributed by atoms with E-state index in [-0.39, 0.29) is 5.92 Å². The second kappa shape index (κ2) is 4.52. The molecule has 1 aromatic rings. The monoisotopic (exact) mass is 215 g/mol. The molecule has 0 fully saturated rings. The number of nitrogens with zero attached hydrogens (tertiary/aromatic N) is 1. The van der Waals surface area contributed by atoms with Crippen LogP contribution in [0.25, 0.3) is 0 Å². The first-order valence-corrected chi connectivity index (χ1v) is 5.22. The number of rotatable bonds is 4. The van der Waals surface area contributed by atoms with Gasteiger partial charge in [-0.1, -0.05) is 13.8 Å². The summed E-state index contributed by atoms with van der Waals surface area (Å²) in [4.78, 5) is 14.8. The Labute approximate surface area is 86.2 Å². The normalized spacial score (nSPS) is 15.4. The summed E-state index contributed by atoms with van der Waals surface area (Å²) in [5, 5.41) is 20.9. The standard InChI is InChI=1S/C9H13NO3S/c1-5(2)6(9(12)13)7(11)8-10-3-4-14-8/h3-7,11H,1-2H3,(H,12,13). The van der Waals surface area contributed by atoms with Gasteiger partial charge in [-0.3, -0.25) is 4.79 Å². The average Bonchev–Trinajstić information content (AvgIpc) is 2.53. The van der Waals surface area contributed by atoms with Crippen molar-refractivity contribution in [1.29, 1.82) is 0 Å². The van der Waals surface area contributed by atoms with E-state index in [2.05, 4.69) is 4.98 Å². The maximum absolute atomic E-state index is 10.9. The van der Waals surface area contributed by atoms with Gasteiger partial charge in [-0.15, -0.1) is 11.3 Å². The molecule has 0 radical (unpaired) electrons.